The van der Waals surface area contributed by atoms with Gasteiger partial charge in [-0.25, -0.2) is 4.98 Å². The number of rotatable bonds is 6. The highest BCUT2D eigenvalue weighted by molar-refractivity contribution is 5.80. The van der Waals surface area contributed by atoms with E-state index in [1.807, 2.05) is 43.4 Å². The summed E-state index contributed by atoms with van der Waals surface area (Å²) in [5.74, 6) is 1.60. The van der Waals surface area contributed by atoms with E-state index in [9.17, 15) is 0 Å². The Balaban J connectivity index is 2.18. The molecule has 0 bridgehead atoms. The van der Waals surface area contributed by atoms with Crippen LogP contribution < -0.4 is 16.2 Å². The quantitative estimate of drug-likeness (QED) is 0.718. The molecule has 24 heavy (non-hydrogen) atoms. The standard InChI is InChI=1S/C17H24N6O/c1-10(2)24-12-6-7-15-14(9-12)20-16(13(19)5-4-8-18)17-22-21-11(3)23(15)17/h6-7,9-10,13H,4-5,8,18-19H2,1-3H3. The summed E-state index contributed by atoms with van der Waals surface area (Å²) in [7, 11) is 0. The molecule has 2 aromatic heterocycles. The highest BCUT2D eigenvalue weighted by Crippen LogP contribution is 2.26. The maximum atomic E-state index is 6.34. The lowest BCUT2D eigenvalue weighted by Gasteiger charge is -2.15. The minimum absolute atomic E-state index is 0.106. The van der Waals surface area contributed by atoms with Crippen LogP contribution in [0, 0.1) is 6.92 Å². The Kier molecular flexibility index (Phi) is 4.64. The Morgan fingerprint density at radius 1 is 1.25 bits per heavy atom. The molecule has 128 valence electrons. The molecule has 1 aromatic carbocycles. The monoisotopic (exact) mass is 328 g/mol. The Morgan fingerprint density at radius 3 is 2.75 bits per heavy atom. The number of hydrogen-bond donors (Lipinski definition) is 2. The zero-order valence-corrected chi connectivity index (χ0v) is 14.4. The molecule has 0 fully saturated rings. The molecule has 7 heteroatoms. The van der Waals surface area contributed by atoms with Gasteiger partial charge in [-0.1, -0.05) is 0 Å². The second kappa shape index (κ2) is 6.70. The summed E-state index contributed by atoms with van der Waals surface area (Å²) >= 11 is 0. The van der Waals surface area contributed by atoms with Gasteiger partial charge < -0.3 is 16.2 Å². The fourth-order valence-corrected chi connectivity index (χ4v) is 2.85. The van der Waals surface area contributed by atoms with E-state index in [1.54, 1.807) is 0 Å². The van der Waals surface area contributed by atoms with Crippen LogP contribution in [0.1, 0.15) is 44.2 Å². The number of ether oxygens (including phenoxy) is 1. The van der Waals surface area contributed by atoms with Crippen LogP contribution in [0.3, 0.4) is 0 Å². The number of hydrogen-bond acceptors (Lipinski definition) is 6. The van der Waals surface area contributed by atoms with Gasteiger partial charge in [0.05, 0.1) is 23.2 Å². The van der Waals surface area contributed by atoms with Crippen LogP contribution in [-0.2, 0) is 0 Å². The van der Waals surface area contributed by atoms with Crippen LogP contribution in [0.25, 0.3) is 16.7 Å². The minimum Gasteiger partial charge on any atom is -0.491 e. The first-order chi connectivity index (χ1) is 11.5. The average Bonchev–Trinajstić information content (AvgIpc) is 2.93. The van der Waals surface area contributed by atoms with Gasteiger partial charge in [0.15, 0.2) is 5.65 Å². The molecular formula is C17H24N6O. The Morgan fingerprint density at radius 2 is 2.04 bits per heavy atom. The first-order valence-corrected chi connectivity index (χ1v) is 8.29. The Bertz CT molecular complexity index is 857. The van der Waals surface area contributed by atoms with Crippen molar-refractivity contribution in [2.45, 2.75) is 45.8 Å². The number of nitrogens with zero attached hydrogens (tertiary/aromatic N) is 4. The van der Waals surface area contributed by atoms with Gasteiger partial charge in [-0.05, 0) is 52.3 Å². The number of benzene rings is 1. The molecule has 0 aliphatic rings. The topological polar surface area (TPSA) is 104 Å². The molecule has 1 atom stereocenters. The molecule has 0 aliphatic carbocycles. The predicted molar refractivity (Wildman–Crippen MR) is 94.0 cm³/mol. The van der Waals surface area contributed by atoms with Crippen molar-refractivity contribution < 1.29 is 4.74 Å². The summed E-state index contributed by atoms with van der Waals surface area (Å²) in [6, 6.07) is 5.64. The number of fused-ring (bicyclic) bond motifs is 3. The predicted octanol–water partition coefficient (Wildman–Crippen LogP) is 2.11. The van der Waals surface area contributed by atoms with E-state index in [0.717, 1.165) is 41.1 Å². The van der Waals surface area contributed by atoms with Crippen LogP contribution in [0.5, 0.6) is 5.75 Å². The molecule has 7 nitrogen and oxygen atoms in total. The summed E-state index contributed by atoms with van der Waals surface area (Å²) in [6.07, 6.45) is 1.71. The second-order valence-electron chi connectivity index (χ2n) is 6.26. The van der Waals surface area contributed by atoms with E-state index in [2.05, 4.69) is 10.2 Å². The van der Waals surface area contributed by atoms with Gasteiger partial charge in [-0.3, -0.25) is 4.40 Å². The summed E-state index contributed by atoms with van der Waals surface area (Å²) in [5.41, 5.74) is 15.2. The van der Waals surface area contributed by atoms with E-state index in [-0.39, 0.29) is 12.1 Å². The average molecular weight is 328 g/mol. The van der Waals surface area contributed by atoms with Gasteiger partial charge in [-0.2, -0.15) is 0 Å². The van der Waals surface area contributed by atoms with Gasteiger partial charge in [0, 0.05) is 6.07 Å². The highest BCUT2D eigenvalue weighted by Gasteiger charge is 2.18. The van der Waals surface area contributed by atoms with Crippen molar-refractivity contribution in [3.05, 3.63) is 29.7 Å². The van der Waals surface area contributed by atoms with Crippen molar-refractivity contribution in [1.29, 1.82) is 0 Å². The third-order valence-electron chi connectivity index (χ3n) is 3.92. The number of aromatic nitrogens is 4. The maximum Gasteiger partial charge on any atom is 0.184 e. The number of nitrogens with two attached hydrogens (primary N) is 2. The zero-order chi connectivity index (χ0) is 17.3. The molecule has 3 aromatic rings. The largest absolute Gasteiger partial charge is 0.491 e. The fraction of sp³-hybridized carbons (Fsp3) is 0.471. The minimum atomic E-state index is -0.223. The SMILES string of the molecule is Cc1nnc2c(C(N)CCCN)nc3cc(OC(C)C)ccc3n12. The van der Waals surface area contributed by atoms with Crippen LogP contribution >= 0.6 is 0 Å². The van der Waals surface area contributed by atoms with E-state index in [1.165, 1.54) is 0 Å². The van der Waals surface area contributed by atoms with Gasteiger partial charge in [0.1, 0.15) is 17.3 Å². The lowest BCUT2D eigenvalue weighted by atomic mass is 10.1. The van der Waals surface area contributed by atoms with Crippen molar-refractivity contribution in [1.82, 2.24) is 19.6 Å². The van der Waals surface area contributed by atoms with E-state index in [0.29, 0.717) is 12.2 Å². The zero-order valence-electron chi connectivity index (χ0n) is 14.4. The molecule has 0 amide bonds. The lowest BCUT2D eigenvalue weighted by molar-refractivity contribution is 0.242. The molecule has 0 saturated carbocycles. The molecule has 0 spiro atoms. The van der Waals surface area contributed by atoms with Crippen molar-refractivity contribution in [2.75, 3.05) is 6.54 Å². The van der Waals surface area contributed by atoms with Crippen molar-refractivity contribution in [3.8, 4) is 5.75 Å². The van der Waals surface area contributed by atoms with E-state index in [4.69, 9.17) is 21.2 Å². The first kappa shape index (κ1) is 16.6. The smallest absolute Gasteiger partial charge is 0.184 e. The van der Waals surface area contributed by atoms with Crippen molar-refractivity contribution in [2.24, 2.45) is 11.5 Å². The molecule has 2 heterocycles. The number of aryl methyl sites for hydroxylation is 1. The summed E-state index contributed by atoms with van der Waals surface area (Å²) in [6.45, 7) is 6.53. The maximum absolute atomic E-state index is 6.34. The third kappa shape index (κ3) is 3.05. The summed E-state index contributed by atoms with van der Waals surface area (Å²) in [5, 5.41) is 8.48. The summed E-state index contributed by atoms with van der Waals surface area (Å²) in [4.78, 5) is 4.77. The fourth-order valence-electron chi connectivity index (χ4n) is 2.85. The molecule has 4 N–H and O–H groups in total. The van der Waals surface area contributed by atoms with Crippen molar-refractivity contribution >= 4 is 16.7 Å². The van der Waals surface area contributed by atoms with E-state index < -0.39 is 0 Å². The van der Waals surface area contributed by atoms with Gasteiger partial charge in [0.25, 0.3) is 0 Å². The Hall–Kier alpha value is -2.25. The first-order valence-electron chi connectivity index (χ1n) is 8.29. The van der Waals surface area contributed by atoms with Gasteiger partial charge in [0.2, 0.25) is 0 Å². The van der Waals surface area contributed by atoms with Crippen molar-refractivity contribution in [3.63, 3.8) is 0 Å². The van der Waals surface area contributed by atoms with Crippen LogP contribution in [0.15, 0.2) is 18.2 Å². The van der Waals surface area contributed by atoms with Gasteiger partial charge in [-0.15, -0.1) is 10.2 Å². The Labute approximate surface area is 141 Å². The van der Waals surface area contributed by atoms with Crippen LogP contribution in [-0.4, -0.2) is 32.2 Å². The van der Waals surface area contributed by atoms with Crippen LogP contribution in [0.2, 0.25) is 0 Å². The third-order valence-corrected chi connectivity index (χ3v) is 3.92. The lowest BCUT2D eigenvalue weighted by Crippen LogP contribution is -2.16. The molecule has 3 rings (SSSR count). The van der Waals surface area contributed by atoms with Crippen LogP contribution in [0.4, 0.5) is 0 Å². The molecule has 1 unspecified atom stereocenters. The highest BCUT2D eigenvalue weighted by atomic mass is 16.5. The molecule has 0 radical (unpaired) electrons. The molecular weight excluding hydrogens is 304 g/mol. The molecule has 0 aliphatic heterocycles. The second-order valence-corrected chi connectivity index (χ2v) is 6.26. The summed E-state index contributed by atoms with van der Waals surface area (Å²) < 4.78 is 7.78. The van der Waals surface area contributed by atoms with E-state index >= 15 is 0 Å². The van der Waals surface area contributed by atoms with Gasteiger partial charge >= 0.3 is 0 Å². The molecule has 0 saturated heterocycles. The normalized spacial score (nSPS) is 13.1.